The molecule has 0 saturated heterocycles. The first-order valence-electron chi connectivity index (χ1n) is 6.75. The highest BCUT2D eigenvalue weighted by Crippen LogP contribution is 2.22. The van der Waals surface area contributed by atoms with Crippen LogP contribution in [0.25, 0.3) is 10.6 Å². The number of carbonyl (C=O) groups is 1. The second kappa shape index (κ2) is 6.73. The van der Waals surface area contributed by atoms with E-state index in [-0.39, 0.29) is 5.91 Å². The summed E-state index contributed by atoms with van der Waals surface area (Å²) < 4.78 is 0. The Morgan fingerprint density at radius 2 is 1.91 bits per heavy atom. The molecule has 3 aromatic rings. The standard InChI is InChI=1S/C17H13ClN2OS/c18-15-4-2-1-3-14(15)16(21)20-11-12-5-7-13(8-6-12)17-19-9-10-22-17/h1-10H,11H2,(H,20,21). The lowest BCUT2D eigenvalue weighted by Gasteiger charge is -2.07. The molecule has 1 aromatic heterocycles. The van der Waals surface area contributed by atoms with E-state index in [0.717, 1.165) is 16.1 Å². The predicted molar refractivity (Wildman–Crippen MR) is 90.2 cm³/mol. The Morgan fingerprint density at radius 1 is 1.14 bits per heavy atom. The first kappa shape index (κ1) is 14.8. The summed E-state index contributed by atoms with van der Waals surface area (Å²) in [4.78, 5) is 16.4. The third-order valence-electron chi connectivity index (χ3n) is 3.20. The minimum Gasteiger partial charge on any atom is -0.348 e. The number of hydrogen-bond donors (Lipinski definition) is 1. The van der Waals surface area contributed by atoms with Crippen molar-refractivity contribution in [3.8, 4) is 10.6 Å². The third kappa shape index (κ3) is 3.35. The lowest BCUT2D eigenvalue weighted by atomic mass is 10.1. The number of amides is 1. The first-order valence-corrected chi connectivity index (χ1v) is 8.01. The van der Waals surface area contributed by atoms with Gasteiger partial charge in [-0.3, -0.25) is 4.79 Å². The number of thiazole rings is 1. The Balaban J connectivity index is 1.64. The number of nitrogens with zero attached hydrogens (tertiary/aromatic N) is 1. The monoisotopic (exact) mass is 328 g/mol. The van der Waals surface area contributed by atoms with Gasteiger partial charge in [0.15, 0.2) is 0 Å². The van der Waals surface area contributed by atoms with E-state index in [1.165, 1.54) is 0 Å². The molecule has 22 heavy (non-hydrogen) atoms. The highest BCUT2D eigenvalue weighted by atomic mass is 35.5. The number of halogens is 1. The third-order valence-corrected chi connectivity index (χ3v) is 4.36. The lowest BCUT2D eigenvalue weighted by Crippen LogP contribution is -2.23. The molecule has 0 radical (unpaired) electrons. The Labute approximate surface area is 137 Å². The quantitative estimate of drug-likeness (QED) is 0.771. The van der Waals surface area contributed by atoms with Gasteiger partial charge in [-0.05, 0) is 17.7 Å². The van der Waals surface area contributed by atoms with E-state index in [2.05, 4.69) is 10.3 Å². The molecule has 0 aliphatic heterocycles. The molecule has 1 N–H and O–H groups in total. The van der Waals surface area contributed by atoms with Gasteiger partial charge in [-0.15, -0.1) is 11.3 Å². The average molecular weight is 329 g/mol. The number of rotatable bonds is 4. The van der Waals surface area contributed by atoms with Crippen LogP contribution in [0.3, 0.4) is 0 Å². The molecule has 0 unspecified atom stereocenters. The van der Waals surface area contributed by atoms with Crippen molar-refractivity contribution in [3.05, 3.63) is 76.3 Å². The van der Waals surface area contributed by atoms with E-state index in [1.807, 2.05) is 29.6 Å². The van der Waals surface area contributed by atoms with Crippen LogP contribution in [0.1, 0.15) is 15.9 Å². The maximum atomic E-state index is 12.1. The molecule has 3 nitrogen and oxygen atoms in total. The van der Waals surface area contributed by atoms with Crippen molar-refractivity contribution in [3.63, 3.8) is 0 Å². The topological polar surface area (TPSA) is 42.0 Å². The fraction of sp³-hybridized carbons (Fsp3) is 0.0588. The molecule has 0 atom stereocenters. The minimum absolute atomic E-state index is 0.172. The summed E-state index contributed by atoms with van der Waals surface area (Å²) in [6, 6.07) is 15.0. The highest BCUT2D eigenvalue weighted by Gasteiger charge is 2.09. The van der Waals surface area contributed by atoms with Gasteiger partial charge in [0, 0.05) is 23.7 Å². The molecule has 0 fully saturated rings. The van der Waals surface area contributed by atoms with Crippen molar-refractivity contribution in [2.24, 2.45) is 0 Å². The average Bonchev–Trinajstić information content (AvgIpc) is 3.08. The first-order chi connectivity index (χ1) is 10.7. The summed E-state index contributed by atoms with van der Waals surface area (Å²) in [6.45, 7) is 0.461. The van der Waals surface area contributed by atoms with Crippen LogP contribution in [-0.4, -0.2) is 10.9 Å². The Bertz CT molecular complexity index is 770. The minimum atomic E-state index is -0.172. The van der Waals surface area contributed by atoms with Gasteiger partial charge in [-0.2, -0.15) is 0 Å². The Hall–Kier alpha value is -2.17. The van der Waals surface area contributed by atoms with Crippen LogP contribution < -0.4 is 5.32 Å². The van der Waals surface area contributed by atoms with Crippen LogP contribution in [0.15, 0.2) is 60.1 Å². The van der Waals surface area contributed by atoms with E-state index < -0.39 is 0 Å². The van der Waals surface area contributed by atoms with Crippen LogP contribution in [0.5, 0.6) is 0 Å². The zero-order valence-electron chi connectivity index (χ0n) is 11.6. The van der Waals surface area contributed by atoms with Gasteiger partial charge in [-0.1, -0.05) is 48.0 Å². The predicted octanol–water partition coefficient (Wildman–Crippen LogP) is 4.39. The summed E-state index contributed by atoms with van der Waals surface area (Å²) in [6.07, 6.45) is 1.79. The molecule has 0 saturated carbocycles. The van der Waals surface area contributed by atoms with Crippen LogP contribution in [-0.2, 0) is 6.54 Å². The largest absolute Gasteiger partial charge is 0.348 e. The van der Waals surface area contributed by atoms with Crippen molar-refractivity contribution >= 4 is 28.8 Å². The molecular weight excluding hydrogens is 316 g/mol. The number of hydrogen-bond acceptors (Lipinski definition) is 3. The molecule has 0 spiro atoms. The van der Waals surface area contributed by atoms with Crippen LogP contribution in [0.4, 0.5) is 0 Å². The van der Waals surface area contributed by atoms with Crippen LogP contribution in [0, 0.1) is 0 Å². The van der Waals surface area contributed by atoms with Crippen molar-refractivity contribution in [2.45, 2.75) is 6.54 Å². The van der Waals surface area contributed by atoms with E-state index in [1.54, 1.807) is 41.8 Å². The number of carbonyl (C=O) groups excluding carboxylic acids is 1. The fourth-order valence-corrected chi connectivity index (χ4v) is 2.92. The molecule has 110 valence electrons. The van der Waals surface area contributed by atoms with E-state index in [0.29, 0.717) is 17.1 Å². The van der Waals surface area contributed by atoms with Crippen molar-refractivity contribution in [1.29, 1.82) is 0 Å². The fourth-order valence-electron chi connectivity index (χ4n) is 2.05. The van der Waals surface area contributed by atoms with Gasteiger partial charge < -0.3 is 5.32 Å². The van der Waals surface area contributed by atoms with Crippen molar-refractivity contribution in [2.75, 3.05) is 0 Å². The molecule has 0 bridgehead atoms. The molecule has 0 aliphatic carbocycles. The SMILES string of the molecule is O=C(NCc1ccc(-c2nccs2)cc1)c1ccccc1Cl. The van der Waals surface area contributed by atoms with Gasteiger partial charge >= 0.3 is 0 Å². The van der Waals surface area contributed by atoms with Crippen LogP contribution in [0.2, 0.25) is 5.02 Å². The summed E-state index contributed by atoms with van der Waals surface area (Å²) in [5, 5.41) is 6.28. The number of aromatic nitrogens is 1. The van der Waals surface area contributed by atoms with Crippen molar-refractivity contribution in [1.82, 2.24) is 10.3 Å². The second-order valence-electron chi connectivity index (χ2n) is 4.70. The van der Waals surface area contributed by atoms with E-state index >= 15 is 0 Å². The molecular formula is C17H13ClN2OS. The lowest BCUT2D eigenvalue weighted by molar-refractivity contribution is 0.0951. The number of benzene rings is 2. The zero-order valence-corrected chi connectivity index (χ0v) is 13.2. The molecule has 5 heteroatoms. The smallest absolute Gasteiger partial charge is 0.253 e. The van der Waals surface area contributed by atoms with Gasteiger partial charge in [-0.25, -0.2) is 4.98 Å². The molecule has 0 aliphatic rings. The molecule has 3 rings (SSSR count). The van der Waals surface area contributed by atoms with Gasteiger partial charge in [0.2, 0.25) is 0 Å². The van der Waals surface area contributed by atoms with Gasteiger partial charge in [0.25, 0.3) is 5.91 Å². The molecule has 2 aromatic carbocycles. The second-order valence-corrected chi connectivity index (χ2v) is 6.00. The van der Waals surface area contributed by atoms with Gasteiger partial charge in [0.05, 0.1) is 10.6 Å². The van der Waals surface area contributed by atoms with E-state index in [9.17, 15) is 4.79 Å². The number of nitrogens with one attached hydrogen (secondary N) is 1. The molecule has 1 heterocycles. The van der Waals surface area contributed by atoms with Crippen LogP contribution >= 0.6 is 22.9 Å². The summed E-state index contributed by atoms with van der Waals surface area (Å²) in [5.74, 6) is -0.172. The molecule has 1 amide bonds. The maximum absolute atomic E-state index is 12.1. The normalized spacial score (nSPS) is 10.4. The summed E-state index contributed by atoms with van der Waals surface area (Å²) in [5.41, 5.74) is 2.60. The highest BCUT2D eigenvalue weighted by molar-refractivity contribution is 7.13. The van der Waals surface area contributed by atoms with Gasteiger partial charge in [0.1, 0.15) is 5.01 Å². The summed E-state index contributed by atoms with van der Waals surface area (Å²) in [7, 11) is 0. The Kier molecular flexibility index (Phi) is 4.51. The summed E-state index contributed by atoms with van der Waals surface area (Å²) >= 11 is 7.62. The van der Waals surface area contributed by atoms with E-state index in [4.69, 9.17) is 11.6 Å². The van der Waals surface area contributed by atoms with Crippen molar-refractivity contribution < 1.29 is 4.79 Å². The zero-order chi connectivity index (χ0) is 15.4. The Morgan fingerprint density at radius 3 is 2.59 bits per heavy atom. The maximum Gasteiger partial charge on any atom is 0.253 e.